The SMILES string of the molecule is O=C(Nc1ccc(O)cc1)C1CCc2ccccc2O1. The summed E-state index contributed by atoms with van der Waals surface area (Å²) in [6.45, 7) is 0. The van der Waals surface area contributed by atoms with Gasteiger partial charge in [-0.05, 0) is 48.7 Å². The molecule has 0 aliphatic carbocycles. The van der Waals surface area contributed by atoms with Crippen LogP contribution in [0.3, 0.4) is 0 Å². The van der Waals surface area contributed by atoms with Crippen LogP contribution < -0.4 is 10.1 Å². The van der Waals surface area contributed by atoms with Crippen LogP contribution in [0, 0.1) is 0 Å². The number of nitrogens with one attached hydrogen (secondary N) is 1. The number of amides is 1. The van der Waals surface area contributed by atoms with Crippen molar-refractivity contribution in [3.05, 3.63) is 54.1 Å². The number of carbonyl (C=O) groups is 1. The number of para-hydroxylation sites is 1. The minimum absolute atomic E-state index is 0.162. The minimum Gasteiger partial charge on any atom is -0.508 e. The molecule has 0 bridgehead atoms. The van der Waals surface area contributed by atoms with Gasteiger partial charge in [-0.15, -0.1) is 0 Å². The third-order valence-corrected chi connectivity index (χ3v) is 3.34. The molecule has 1 aliphatic heterocycles. The first-order valence-electron chi connectivity index (χ1n) is 6.57. The zero-order valence-electron chi connectivity index (χ0n) is 10.9. The molecule has 1 amide bonds. The normalized spacial score (nSPS) is 16.9. The highest BCUT2D eigenvalue weighted by Crippen LogP contribution is 2.27. The zero-order valence-corrected chi connectivity index (χ0v) is 10.9. The third kappa shape index (κ3) is 2.59. The highest BCUT2D eigenvalue weighted by Gasteiger charge is 2.25. The number of anilines is 1. The molecule has 0 aromatic heterocycles. The largest absolute Gasteiger partial charge is 0.508 e. The van der Waals surface area contributed by atoms with Crippen molar-refractivity contribution in [1.29, 1.82) is 0 Å². The lowest BCUT2D eigenvalue weighted by molar-refractivity contribution is -0.123. The Hall–Kier alpha value is -2.49. The van der Waals surface area contributed by atoms with Gasteiger partial charge in [0.05, 0.1) is 0 Å². The number of carbonyl (C=O) groups excluding carboxylic acids is 1. The van der Waals surface area contributed by atoms with E-state index >= 15 is 0 Å². The average Bonchev–Trinajstić information content (AvgIpc) is 2.49. The fraction of sp³-hybridized carbons (Fsp3) is 0.188. The number of phenols is 1. The average molecular weight is 269 g/mol. The first kappa shape index (κ1) is 12.5. The smallest absolute Gasteiger partial charge is 0.265 e. The van der Waals surface area contributed by atoms with Crippen LogP contribution in [-0.4, -0.2) is 17.1 Å². The van der Waals surface area contributed by atoms with Gasteiger partial charge in [0.25, 0.3) is 5.91 Å². The lowest BCUT2D eigenvalue weighted by Crippen LogP contribution is -2.35. The van der Waals surface area contributed by atoms with Gasteiger partial charge in [-0.1, -0.05) is 18.2 Å². The van der Waals surface area contributed by atoms with E-state index in [0.29, 0.717) is 12.1 Å². The van der Waals surface area contributed by atoms with Crippen molar-refractivity contribution >= 4 is 11.6 Å². The Morgan fingerprint density at radius 1 is 1.15 bits per heavy atom. The topological polar surface area (TPSA) is 58.6 Å². The summed E-state index contributed by atoms with van der Waals surface area (Å²) in [7, 11) is 0. The Bertz CT molecular complexity index is 622. The molecule has 0 fully saturated rings. The van der Waals surface area contributed by atoms with Crippen LogP contribution in [0.1, 0.15) is 12.0 Å². The Balaban J connectivity index is 1.68. The number of fused-ring (bicyclic) bond motifs is 1. The van der Waals surface area contributed by atoms with Gasteiger partial charge in [0.15, 0.2) is 6.10 Å². The van der Waals surface area contributed by atoms with Crippen molar-refractivity contribution in [2.24, 2.45) is 0 Å². The van der Waals surface area contributed by atoms with Gasteiger partial charge in [0.1, 0.15) is 11.5 Å². The monoisotopic (exact) mass is 269 g/mol. The van der Waals surface area contributed by atoms with Crippen LogP contribution in [0.2, 0.25) is 0 Å². The summed E-state index contributed by atoms with van der Waals surface area (Å²) in [5, 5.41) is 12.0. The quantitative estimate of drug-likeness (QED) is 0.824. The molecular weight excluding hydrogens is 254 g/mol. The van der Waals surface area contributed by atoms with Gasteiger partial charge in [-0.2, -0.15) is 0 Å². The second-order valence-corrected chi connectivity index (χ2v) is 4.79. The summed E-state index contributed by atoms with van der Waals surface area (Å²) in [6, 6.07) is 14.2. The van der Waals surface area contributed by atoms with E-state index in [1.165, 1.54) is 12.1 Å². The Kier molecular flexibility index (Phi) is 3.29. The van der Waals surface area contributed by atoms with E-state index in [1.54, 1.807) is 12.1 Å². The van der Waals surface area contributed by atoms with Gasteiger partial charge in [-0.3, -0.25) is 4.79 Å². The molecule has 1 unspecified atom stereocenters. The maximum Gasteiger partial charge on any atom is 0.265 e. The molecular formula is C16H15NO3. The Labute approximate surface area is 117 Å². The third-order valence-electron chi connectivity index (χ3n) is 3.34. The fourth-order valence-corrected chi connectivity index (χ4v) is 2.28. The number of phenolic OH excluding ortho intramolecular Hbond substituents is 1. The van der Waals surface area contributed by atoms with Crippen LogP contribution in [0.5, 0.6) is 11.5 Å². The predicted molar refractivity (Wildman–Crippen MR) is 75.9 cm³/mol. The molecule has 3 rings (SSSR count). The molecule has 2 aromatic carbocycles. The van der Waals surface area contributed by atoms with Crippen molar-refractivity contribution in [3.63, 3.8) is 0 Å². The second-order valence-electron chi connectivity index (χ2n) is 4.79. The van der Waals surface area contributed by atoms with Crippen LogP contribution in [0.15, 0.2) is 48.5 Å². The van der Waals surface area contributed by atoms with Crippen molar-refractivity contribution < 1.29 is 14.6 Å². The van der Waals surface area contributed by atoms with Crippen molar-refractivity contribution in [2.75, 3.05) is 5.32 Å². The first-order chi connectivity index (χ1) is 9.72. The lowest BCUT2D eigenvalue weighted by Gasteiger charge is -2.25. The fourth-order valence-electron chi connectivity index (χ4n) is 2.28. The number of benzene rings is 2. The van der Waals surface area contributed by atoms with Crippen molar-refractivity contribution in [1.82, 2.24) is 0 Å². The molecule has 0 saturated carbocycles. The molecule has 2 aromatic rings. The van der Waals surface area contributed by atoms with Crippen LogP contribution in [0.4, 0.5) is 5.69 Å². The maximum absolute atomic E-state index is 12.2. The van der Waals surface area contributed by atoms with E-state index in [1.807, 2.05) is 24.3 Å². The van der Waals surface area contributed by atoms with Gasteiger partial charge in [0, 0.05) is 5.69 Å². The van der Waals surface area contributed by atoms with Crippen LogP contribution in [0.25, 0.3) is 0 Å². The van der Waals surface area contributed by atoms with Crippen LogP contribution >= 0.6 is 0 Å². The van der Waals surface area contributed by atoms with E-state index in [-0.39, 0.29) is 11.7 Å². The predicted octanol–water partition coefficient (Wildman–Crippen LogP) is 2.72. The summed E-state index contributed by atoms with van der Waals surface area (Å²) in [5.41, 5.74) is 1.79. The molecule has 1 atom stereocenters. The van der Waals surface area contributed by atoms with Crippen molar-refractivity contribution in [2.45, 2.75) is 18.9 Å². The van der Waals surface area contributed by atoms with E-state index in [2.05, 4.69) is 5.32 Å². The maximum atomic E-state index is 12.2. The number of ether oxygens (including phenoxy) is 1. The van der Waals surface area contributed by atoms with Crippen molar-refractivity contribution in [3.8, 4) is 11.5 Å². The van der Waals surface area contributed by atoms with Gasteiger partial charge in [0.2, 0.25) is 0 Å². The summed E-state index contributed by atoms with van der Waals surface area (Å²) < 4.78 is 5.73. The highest BCUT2D eigenvalue weighted by molar-refractivity contribution is 5.94. The number of hydrogen-bond donors (Lipinski definition) is 2. The zero-order chi connectivity index (χ0) is 13.9. The Morgan fingerprint density at radius 2 is 1.90 bits per heavy atom. The summed E-state index contributed by atoms with van der Waals surface area (Å²) in [6.07, 6.45) is 1.03. The van der Waals surface area contributed by atoms with E-state index in [0.717, 1.165) is 17.7 Å². The molecule has 0 saturated heterocycles. The van der Waals surface area contributed by atoms with Gasteiger partial charge in [-0.25, -0.2) is 0 Å². The Morgan fingerprint density at radius 3 is 2.70 bits per heavy atom. The number of hydrogen-bond acceptors (Lipinski definition) is 3. The number of rotatable bonds is 2. The minimum atomic E-state index is -0.473. The van der Waals surface area contributed by atoms with Gasteiger partial charge >= 0.3 is 0 Å². The molecule has 4 nitrogen and oxygen atoms in total. The van der Waals surface area contributed by atoms with E-state index in [4.69, 9.17) is 4.74 Å². The standard InChI is InChI=1S/C16H15NO3/c18-13-8-6-12(7-9-13)17-16(19)15-10-5-11-3-1-2-4-14(11)20-15/h1-4,6-9,15,18H,5,10H2,(H,17,19). The highest BCUT2D eigenvalue weighted by atomic mass is 16.5. The molecule has 1 aliphatic rings. The molecule has 2 N–H and O–H groups in total. The first-order valence-corrected chi connectivity index (χ1v) is 6.57. The summed E-state index contributed by atoms with van der Waals surface area (Å²) in [4.78, 5) is 12.2. The molecule has 20 heavy (non-hydrogen) atoms. The number of aryl methyl sites for hydroxylation is 1. The molecule has 1 heterocycles. The van der Waals surface area contributed by atoms with E-state index < -0.39 is 6.10 Å². The molecule has 102 valence electrons. The molecule has 4 heteroatoms. The molecule has 0 radical (unpaired) electrons. The summed E-state index contributed by atoms with van der Waals surface area (Å²) >= 11 is 0. The number of aromatic hydroxyl groups is 1. The van der Waals surface area contributed by atoms with E-state index in [9.17, 15) is 9.90 Å². The lowest BCUT2D eigenvalue weighted by atomic mass is 10.0. The van der Waals surface area contributed by atoms with Crippen LogP contribution in [-0.2, 0) is 11.2 Å². The second kappa shape index (κ2) is 5.25. The summed E-state index contributed by atoms with van der Waals surface area (Å²) in [5.74, 6) is 0.792. The molecule has 0 spiro atoms. The van der Waals surface area contributed by atoms with Gasteiger partial charge < -0.3 is 15.2 Å².